The van der Waals surface area contributed by atoms with Gasteiger partial charge >= 0.3 is 0 Å². The molecule has 0 spiro atoms. The van der Waals surface area contributed by atoms with Crippen molar-refractivity contribution in [1.29, 1.82) is 0 Å². The van der Waals surface area contributed by atoms with Gasteiger partial charge < -0.3 is 9.84 Å². The predicted octanol–water partition coefficient (Wildman–Crippen LogP) is 2.52. The molecule has 2 aromatic rings. The van der Waals surface area contributed by atoms with E-state index in [0.717, 1.165) is 6.07 Å². The summed E-state index contributed by atoms with van der Waals surface area (Å²) in [5.74, 6) is -1.65. The summed E-state index contributed by atoms with van der Waals surface area (Å²) in [6.07, 6.45) is 0.817. The molecule has 152 valence electrons. The Balaban J connectivity index is 2.25. The summed E-state index contributed by atoms with van der Waals surface area (Å²) in [4.78, 5) is 24.9. The lowest BCUT2D eigenvalue weighted by Crippen LogP contribution is -2.32. The maximum absolute atomic E-state index is 15.0. The van der Waals surface area contributed by atoms with E-state index in [-0.39, 0.29) is 23.1 Å². The van der Waals surface area contributed by atoms with Crippen LogP contribution in [0.15, 0.2) is 22.0 Å². The molecule has 28 heavy (non-hydrogen) atoms. The Kier molecular flexibility index (Phi) is 5.33. The van der Waals surface area contributed by atoms with Crippen LogP contribution in [0.3, 0.4) is 0 Å². The molecule has 0 fully saturated rings. The van der Waals surface area contributed by atoms with Gasteiger partial charge in [-0.15, -0.1) is 0 Å². The zero-order valence-electron chi connectivity index (χ0n) is 16.2. The van der Waals surface area contributed by atoms with Crippen molar-refractivity contribution in [3.8, 4) is 0 Å². The van der Waals surface area contributed by atoms with Crippen LogP contribution in [0.4, 0.5) is 4.39 Å². The fourth-order valence-electron chi connectivity index (χ4n) is 3.71. The van der Waals surface area contributed by atoms with Crippen molar-refractivity contribution >= 4 is 15.6 Å². The van der Waals surface area contributed by atoms with Crippen LogP contribution < -0.4 is 5.56 Å². The second-order valence-electron chi connectivity index (χ2n) is 6.87. The summed E-state index contributed by atoms with van der Waals surface area (Å²) in [5.41, 5.74) is -0.171. The lowest BCUT2D eigenvalue weighted by atomic mass is 9.91. The average molecular weight is 410 g/mol. The quantitative estimate of drug-likeness (QED) is 0.764. The van der Waals surface area contributed by atoms with Gasteiger partial charge in [0.25, 0.3) is 5.56 Å². The van der Waals surface area contributed by atoms with Crippen LogP contribution in [0, 0.1) is 12.7 Å². The van der Waals surface area contributed by atoms with Crippen LogP contribution in [-0.4, -0.2) is 35.8 Å². The van der Waals surface area contributed by atoms with Crippen LogP contribution in [-0.2, 0) is 21.1 Å². The van der Waals surface area contributed by atoms with E-state index in [2.05, 4.69) is 5.10 Å². The highest BCUT2D eigenvalue weighted by Crippen LogP contribution is 2.42. The molecule has 0 radical (unpaired) electrons. The molecule has 1 aromatic carbocycles. The highest BCUT2D eigenvalue weighted by Gasteiger charge is 2.41. The van der Waals surface area contributed by atoms with Crippen molar-refractivity contribution in [1.82, 2.24) is 9.78 Å². The van der Waals surface area contributed by atoms with Crippen molar-refractivity contribution in [3.63, 3.8) is 0 Å². The van der Waals surface area contributed by atoms with Crippen molar-refractivity contribution in [2.24, 2.45) is 0 Å². The number of rotatable bonds is 5. The first-order valence-corrected chi connectivity index (χ1v) is 10.7. The van der Waals surface area contributed by atoms with E-state index in [1.165, 1.54) is 17.8 Å². The number of ether oxygens (including phenoxy) is 1. The van der Waals surface area contributed by atoms with E-state index in [1.807, 2.05) is 0 Å². The van der Waals surface area contributed by atoms with E-state index in [9.17, 15) is 22.4 Å². The number of aryl methyl sites for hydroxylation is 1. The monoisotopic (exact) mass is 410 g/mol. The number of ketones is 1. The van der Waals surface area contributed by atoms with Crippen LogP contribution in [0.25, 0.3) is 0 Å². The Bertz CT molecular complexity index is 1100. The highest BCUT2D eigenvalue weighted by atomic mass is 32.2. The molecular formula is C19H23FN2O5S. The van der Waals surface area contributed by atoms with Gasteiger partial charge in [-0.25, -0.2) is 12.8 Å². The van der Waals surface area contributed by atoms with Gasteiger partial charge in [-0.2, -0.15) is 0 Å². The van der Waals surface area contributed by atoms with Crippen LogP contribution >= 0.6 is 0 Å². The number of nitrogens with one attached hydrogen (secondary N) is 1. The fourth-order valence-corrected chi connectivity index (χ4v) is 5.46. The number of aromatic nitrogens is 2. The van der Waals surface area contributed by atoms with Gasteiger partial charge in [0.2, 0.25) is 5.78 Å². The maximum atomic E-state index is 15.0. The van der Waals surface area contributed by atoms with Gasteiger partial charge in [0, 0.05) is 30.5 Å². The Morgan fingerprint density at radius 2 is 2.04 bits per heavy atom. The highest BCUT2D eigenvalue weighted by molar-refractivity contribution is 7.92. The molecule has 2 atom stereocenters. The molecule has 1 aliphatic heterocycles. The lowest BCUT2D eigenvalue weighted by Gasteiger charge is -2.31. The molecule has 0 bridgehead atoms. The van der Waals surface area contributed by atoms with E-state index in [0.29, 0.717) is 18.7 Å². The van der Waals surface area contributed by atoms with Crippen LogP contribution in [0.1, 0.15) is 60.3 Å². The molecule has 3 rings (SSSR count). The zero-order chi connectivity index (χ0) is 20.8. The van der Waals surface area contributed by atoms with Gasteiger partial charge in [-0.3, -0.25) is 14.3 Å². The first kappa shape index (κ1) is 20.5. The second-order valence-corrected chi connectivity index (χ2v) is 9.18. The number of H-pyrrole nitrogens is 1. The Morgan fingerprint density at radius 3 is 2.61 bits per heavy atom. The number of fused-ring (bicyclic) bond motifs is 1. The van der Waals surface area contributed by atoms with Gasteiger partial charge in [-0.1, -0.05) is 0 Å². The SMILES string of the molecule is CCOC1CC(C)S(=O)(=O)c2c(F)cc(C(=O)c3c[nH]n(CC)c3=O)c(C)c21. The Morgan fingerprint density at radius 1 is 1.36 bits per heavy atom. The average Bonchev–Trinajstić information content (AvgIpc) is 3.01. The topological polar surface area (TPSA) is 98.2 Å². The number of hydrogen-bond donors (Lipinski definition) is 1. The standard InChI is InChI=1S/C19H23FN2O5S/c1-5-22-19(24)13(9-21-22)17(23)12-8-14(20)18-16(11(12)4)15(27-6-2)7-10(3)28(18,25)26/h8-10,15,21H,5-7H2,1-4H3. The van der Waals surface area contributed by atoms with Gasteiger partial charge in [0.15, 0.2) is 9.84 Å². The van der Waals surface area contributed by atoms with Gasteiger partial charge in [-0.05, 0) is 45.7 Å². The molecule has 0 saturated heterocycles. The number of aromatic amines is 1. The molecule has 0 aliphatic carbocycles. The first-order valence-electron chi connectivity index (χ1n) is 9.16. The summed E-state index contributed by atoms with van der Waals surface area (Å²) in [7, 11) is -3.88. The molecule has 9 heteroatoms. The van der Waals surface area contributed by atoms with Gasteiger partial charge in [0.1, 0.15) is 16.3 Å². The molecule has 1 aromatic heterocycles. The first-order chi connectivity index (χ1) is 13.1. The number of nitrogens with zero attached hydrogens (tertiary/aromatic N) is 1. The number of sulfone groups is 1. The minimum Gasteiger partial charge on any atom is -0.374 e. The largest absolute Gasteiger partial charge is 0.374 e. The predicted molar refractivity (Wildman–Crippen MR) is 101 cm³/mol. The maximum Gasteiger partial charge on any atom is 0.277 e. The third-order valence-electron chi connectivity index (χ3n) is 5.24. The minimum absolute atomic E-state index is 0.0370. The Labute approximate surface area is 162 Å². The molecular weight excluding hydrogens is 387 g/mol. The molecule has 1 aliphatic rings. The smallest absolute Gasteiger partial charge is 0.277 e. The van der Waals surface area contributed by atoms with Gasteiger partial charge in [0.05, 0.1) is 11.4 Å². The Hall–Kier alpha value is -2.26. The number of carbonyl (C=O) groups excluding carboxylic acids is 1. The van der Waals surface area contributed by atoms with Crippen LogP contribution in [0.5, 0.6) is 0 Å². The number of benzene rings is 1. The summed E-state index contributed by atoms with van der Waals surface area (Å²) in [6.45, 7) is 7.26. The number of hydrogen-bond acceptors (Lipinski definition) is 5. The van der Waals surface area contributed by atoms with E-state index < -0.39 is 43.2 Å². The number of halogens is 1. The molecule has 7 nitrogen and oxygen atoms in total. The van der Waals surface area contributed by atoms with Crippen molar-refractivity contribution in [2.75, 3.05) is 6.61 Å². The molecule has 0 saturated carbocycles. The van der Waals surface area contributed by atoms with E-state index in [1.54, 1.807) is 20.8 Å². The van der Waals surface area contributed by atoms with E-state index >= 15 is 0 Å². The third kappa shape index (κ3) is 3.02. The summed E-state index contributed by atoms with van der Waals surface area (Å²) in [6, 6.07) is 0.915. The lowest BCUT2D eigenvalue weighted by molar-refractivity contribution is 0.0511. The second kappa shape index (κ2) is 7.29. The fraction of sp³-hybridized carbons (Fsp3) is 0.474. The summed E-state index contributed by atoms with van der Waals surface area (Å²) >= 11 is 0. The minimum atomic E-state index is -3.88. The third-order valence-corrected chi connectivity index (χ3v) is 7.47. The molecule has 2 heterocycles. The summed E-state index contributed by atoms with van der Waals surface area (Å²) < 4.78 is 47.4. The number of carbonyl (C=O) groups is 1. The van der Waals surface area contributed by atoms with Crippen LogP contribution in [0.2, 0.25) is 0 Å². The van der Waals surface area contributed by atoms with Crippen molar-refractivity contribution in [2.45, 2.75) is 56.9 Å². The molecule has 0 amide bonds. The van der Waals surface area contributed by atoms with Crippen molar-refractivity contribution < 1.29 is 22.3 Å². The molecule has 1 N–H and O–H groups in total. The zero-order valence-corrected chi connectivity index (χ0v) is 17.0. The molecule has 2 unspecified atom stereocenters. The van der Waals surface area contributed by atoms with E-state index in [4.69, 9.17) is 4.74 Å². The van der Waals surface area contributed by atoms with Crippen molar-refractivity contribution in [3.05, 3.63) is 50.7 Å². The summed E-state index contributed by atoms with van der Waals surface area (Å²) in [5, 5.41) is 1.89. The normalized spacial score (nSPS) is 20.8.